The van der Waals surface area contributed by atoms with Gasteiger partial charge in [-0.2, -0.15) is 0 Å². The number of carbonyl (C=O) groups is 1. The van der Waals surface area contributed by atoms with Crippen LogP contribution in [-0.2, 0) is 6.54 Å². The molecule has 0 radical (unpaired) electrons. The lowest BCUT2D eigenvalue weighted by molar-refractivity contribution is 0.101. The summed E-state index contributed by atoms with van der Waals surface area (Å²) in [5, 5.41) is 21.0. The Balaban J connectivity index is 1.58. The summed E-state index contributed by atoms with van der Waals surface area (Å²) in [6.45, 7) is 0.928. The summed E-state index contributed by atoms with van der Waals surface area (Å²) in [5.41, 5.74) is 4.23. The van der Waals surface area contributed by atoms with Crippen LogP contribution in [0.3, 0.4) is 0 Å². The highest BCUT2D eigenvalue weighted by Crippen LogP contribution is 2.43. The zero-order valence-electron chi connectivity index (χ0n) is 17.3. The molecule has 5 nitrogen and oxygen atoms in total. The van der Waals surface area contributed by atoms with Gasteiger partial charge in [-0.15, -0.1) is 0 Å². The van der Waals surface area contributed by atoms with E-state index in [-0.39, 0.29) is 28.6 Å². The van der Waals surface area contributed by atoms with Crippen LogP contribution in [0.4, 0.5) is 0 Å². The fourth-order valence-electron chi connectivity index (χ4n) is 4.54. The fraction of sp³-hybridized carbons (Fsp3) is 0.148. The molecule has 32 heavy (non-hydrogen) atoms. The zero-order chi connectivity index (χ0) is 21.8. The van der Waals surface area contributed by atoms with Crippen LogP contribution in [0.2, 0.25) is 0 Å². The monoisotopic (exact) mass is 423 g/mol. The minimum absolute atomic E-state index is 0.0806. The van der Waals surface area contributed by atoms with Gasteiger partial charge in [-0.25, -0.2) is 0 Å². The van der Waals surface area contributed by atoms with Crippen molar-refractivity contribution in [2.75, 3.05) is 0 Å². The van der Waals surface area contributed by atoms with E-state index < -0.39 is 5.78 Å². The van der Waals surface area contributed by atoms with E-state index in [0.29, 0.717) is 5.92 Å². The van der Waals surface area contributed by atoms with Gasteiger partial charge in [0, 0.05) is 35.1 Å². The molecule has 4 aromatic rings. The topological polar surface area (TPSA) is 71.7 Å². The Morgan fingerprint density at radius 1 is 1.00 bits per heavy atom. The smallest absolute Gasteiger partial charge is 0.235 e. The van der Waals surface area contributed by atoms with E-state index in [9.17, 15) is 15.0 Å². The van der Waals surface area contributed by atoms with Crippen LogP contribution >= 0.6 is 0 Å². The molecule has 1 aromatic heterocycles. The number of phenolic OH excluding ortho intramolecular Hbond substituents is 2. The lowest BCUT2D eigenvalue weighted by Crippen LogP contribution is -2.03. The van der Waals surface area contributed by atoms with Crippen LogP contribution in [0.1, 0.15) is 28.8 Å². The molecule has 0 spiro atoms. The van der Waals surface area contributed by atoms with Crippen LogP contribution in [0.25, 0.3) is 28.2 Å². The normalized spacial score (nSPS) is 16.5. The Morgan fingerprint density at radius 3 is 2.53 bits per heavy atom. The second kappa shape index (κ2) is 7.02. The molecular formula is C27H21NO4. The predicted molar refractivity (Wildman–Crippen MR) is 123 cm³/mol. The Bertz CT molecular complexity index is 1410. The number of rotatable bonds is 4. The molecule has 0 atom stereocenters. The van der Waals surface area contributed by atoms with Gasteiger partial charge in [-0.1, -0.05) is 48.5 Å². The number of aromatic hydroxyl groups is 2. The molecule has 3 aromatic carbocycles. The van der Waals surface area contributed by atoms with Crippen molar-refractivity contribution >= 4 is 22.8 Å². The first-order valence-electron chi connectivity index (χ1n) is 10.8. The second-order valence-corrected chi connectivity index (χ2v) is 8.48. The molecule has 2 aliphatic rings. The lowest BCUT2D eigenvalue weighted by Gasteiger charge is -2.11. The Labute approximate surface area is 184 Å². The van der Waals surface area contributed by atoms with Crippen molar-refractivity contribution in [3.05, 3.63) is 83.6 Å². The van der Waals surface area contributed by atoms with Crippen molar-refractivity contribution in [1.82, 2.24) is 4.57 Å². The summed E-state index contributed by atoms with van der Waals surface area (Å²) >= 11 is 0. The highest BCUT2D eigenvalue weighted by Gasteiger charge is 2.33. The number of carbonyl (C=O) groups excluding carboxylic acids is 1. The third-order valence-electron chi connectivity index (χ3n) is 6.21. The van der Waals surface area contributed by atoms with E-state index in [0.717, 1.165) is 40.3 Å². The summed E-state index contributed by atoms with van der Waals surface area (Å²) in [5.74, 6) is 0.140. The van der Waals surface area contributed by atoms with Gasteiger partial charge < -0.3 is 19.5 Å². The first kappa shape index (κ1) is 18.8. The average molecular weight is 423 g/mol. The molecular weight excluding hydrogens is 402 g/mol. The Kier molecular flexibility index (Phi) is 4.12. The molecule has 0 bridgehead atoms. The van der Waals surface area contributed by atoms with Crippen LogP contribution < -0.4 is 4.74 Å². The molecule has 6 rings (SSSR count). The van der Waals surface area contributed by atoms with E-state index in [1.165, 1.54) is 18.9 Å². The number of phenols is 2. The van der Waals surface area contributed by atoms with E-state index in [1.54, 1.807) is 6.08 Å². The second-order valence-electron chi connectivity index (χ2n) is 8.48. The third-order valence-corrected chi connectivity index (χ3v) is 6.21. The largest absolute Gasteiger partial charge is 0.508 e. The summed E-state index contributed by atoms with van der Waals surface area (Å²) in [7, 11) is 0. The molecule has 0 amide bonds. The Hall–Kier alpha value is -3.99. The molecule has 1 fully saturated rings. The summed E-state index contributed by atoms with van der Waals surface area (Å²) in [6.07, 6.45) is 4.24. The number of hydrogen-bond donors (Lipinski definition) is 2. The molecule has 0 saturated heterocycles. The van der Waals surface area contributed by atoms with E-state index in [4.69, 9.17) is 4.74 Å². The highest BCUT2D eigenvalue weighted by atomic mass is 16.5. The maximum Gasteiger partial charge on any atom is 0.235 e. The van der Waals surface area contributed by atoms with E-state index in [1.807, 2.05) is 30.3 Å². The molecule has 5 heteroatoms. The minimum atomic E-state index is -0.393. The molecule has 1 aliphatic heterocycles. The first-order chi connectivity index (χ1) is 15.6. The van der Waals surface area contributed by atoms with Gasteiger partial charge in [0.25, 0.3) is 0 Å². The first-order valence-corrected chi connectivity index (χ1v) is 10.8. The van der Waals surface area contributed by atoms with Crippen LogP contribution in [0.5, 0.6) is 17.2 Å². The predicted octanol–water partition coefficient (Wildman–Crippen LogP) is 5.75. The number of nitrogens with zero attached hydrogens (tertiary/aromatic N) is 1. The van der Waals surface area contributed by atoms with Crippen LogP contribution in [0, 0.1) is 5.92 Å². The standard InChI is InChI=1S/C27H21NO4/c29-18-12-22(30)25-23(13-18)32-24(27(25)31)14-20-19-8-4-5-9-21(19)28(15-16-10-11-16)26(20)17-6-2-1-3-7-17/h1-9,12-14,16,29-30H,10-11,15H2/b24-14-. The number of aromatic nitrogens is 1. The van der Waals surface area contributed by atoms with Crippen molar-refractivity contribution in [2.24, 2.45) is 5.92 Å². The van der Waals surface area contributed by atoms with Crippen LogP contribution in [0.15, 0.2) is 72.5 Å². The number of para-hydroxylation sites is 1. The Morgan fingerprint density at radius 2 is 1.75 bits per heavy atom. The summed E-state index contributed by atoms with van der Waals surface area (Å²) < 4.78 is 8.16. The number of benzene rings is 3. The molecule has 2 N–H and O–H groups in total. The van der Waals surface area contributed by atoms with Gasteiger partial charge >= 0.3 is 0 Å². The number of hydrogen-bond acceptors (Lipinski definition) is 4. The quantitative estimate of drug-likeness (QED) is 0.410. The molecule has 158 valence electrons. The van der Waals surface area contributed by atoms with Gasteiger partial charge in [-0.05, 0) is 36.5 Å². The van der Waals surface area contributed by atoms with Crippen molar-refractivity contribution in [1.29, 1.82) is 0 Å². The van der Waals surface area contributed by atoms with Crippen molar-refractivity contribution in [3.8, 4) is 28.5 Å². The van der Waals surface area contributed by atoms with Gasteiger partial charge in [0.15, 0.2) is 5.76 Å². The van der Waals surface area contributed by atoms with E-state index in [2.05, 4.69) is 28.8 Å². The summed E-state index contributed by atoms with van der Waals surface area (Å²) in [6, 6.07) is 20.9. The number of fused-ring (bicyclic) bond motifs is 2. The lowest BCUT2D eigenvalue weighted by atomic mass is 10.0. The number of allylic oxidation sites excluding steroid dienone is 1. The van der Waals surface area contributed by atoms with E-state index >= 15 is 0 Å². The third kappa shape index (κ3) is 2.97. The molecule has 1 saturated carbocycles. The molecule has 1 aliphatic carbocycles. The van der Waals surface area contributed by atoms with Gasteiger partial charge in [-0.3, -0.25) is 4.79 Å². The number of ketones is 1. The zero-order valence-corrected chi connectivity index (χ0v) is 17.3. The number of Topliss-reactive ketones (excluding diaryl/α,β-unsaturated/α-hetero) is 1. The van der Waals surface area contributed by atoms with Crippen molar-refractivity contribution in [2.45, 2.75) is 19.4 Å². The van der Waals surface area contributed by atoms with Gasteiger partial charge in [0.1, 0.15) is 22.8 Å². The van der Waals surface area contributed by atoms with Gasteiger partial charge in [0.05, 0.1) is 5.69 Å². The summed E-state index contributed by atoms with van der Waals surface area (Å²) in [4.78, 5) is 13.1. The maximum absolute atomic E-state index is 13.1. The number of ether oxygens (including phenoxy) is 1. The SMILES string of the molecule is O=C1/C(=C/c2c(-c3ccccc3)n(CC3CC3)c3ccccc23)Oc2cc(O)cc(O)c21. The minimum Gasteiger partial charge on any atom is -0.508 e. The van der Waals surface area contributed by atoms with Crippen molar-refractivity contribution < 1.29 is 19.7 Å². The fourth-order valence-corrected chi connectivity index (χ4v) is 4.54. The molecule has 2 heterocycles. The highest BCUT2D eigenvalue weighted by molar-refractivity contribution is 6.17. The molecule has 0 unspecified atom stereocenters. The maximum atomic E-state index is 13.1. The van der Waals surface area contributed by atoms with Gasteiger partial charge in [0.2, 0.25) is 5.78 Å². The van der Waals surface area contributed by atoms with Crippen LogP contribution in [-0.4, -0.2) is 20.6 Å². The average Bonchev–Trinajstić information content (AvgIpc) is 3.49. The van der Waals surface area contributed by atoms with Crippen molar-refractivity contribution in [3.63, 3.8) is 0 Å².